The summed E-state index contributed by atoms with van der Waals surface area (Å²) in [6, 6.07) is 1.79. The number of carboxylic acids is 2. The van der Waals surface area contributed by atoms with Gasteiger partial charge in [-0.15, -0.1) is 0 Å². The largest absolute Gasteiger partial charge is 0.490 e. The number of alkyl halides is 3. The van der Waals surface area contributed by atoms with Crippen LogP contribution < -0.4 is 0 Å². The summed E-state index contributed by atoms with van der Waals surface area (Å²) in [5.41, 5.74) is 0. The van der Waals surface area contributed by atoms with Crippen molar-refractivity contribution in [3.05, 3.63) is 0 Å². The second-order valence-electron chi connectivity index (χ2n) is 6.07. The number of piperazine rings is 1. The Morgan fingerprint density at radius 2 is 1.64 bits per heavy atom. The maximum absolute atomic E-state index is 11.3. The van der Waals surface area contributed by atoms with E-state index in [9.17, 15) is 23.1 Å². The summed E-state index contributed by atoms with van der Waals surface area (Å²) in [4.78, 5) is 24.5. The molecule has 0 saturated carbocycles. The van der Waals surface area contributed by atoms with Crippen LogP contribution in [-0.2, 0) is 9.59 Å². The van der Waals surface area contributed by atoms with Gasteiger partial charge in [0.25, 0.3) is 0 Å². The fourth-order valence-corrected chi connectivity index (χ4v) is 2.36. The highest BCUT2D eigenvalue weighted by molar-refractivity contribution is 5.73. The monoisotopic (exact) mass is 367 g/mol. The van der Waals surface area contributed by atoms with Crippen LogP contribution in [0.1, 0.15) is 26.7 Å². The molecule has 0 radical (unpaired) electrons. The predicted molar refractivity (Wildman–Crippen MR) is 82.8 cm³/mol. The maximum Gasteiger partial charge on any atom is 0.490 e. The first kappa shape index (κ1) is 23.1. The lowest BCUT2D eigenvalue weighted by molar-refractivity contribution is -0.192. The van der Waals surface area contributed by atoms with Crippen molar-refractivity contribution in [1.82, 2.24) is 9.80 Å². The first-order chi connectivity index (χ1) is 11.5. The first-order valence-electron chi connectivity index (χ1n) is 7.85. The van der Waals surface area contributed by atoms with Crippen molar-refractivity contribution >= 4 is 11.9 Å². The molecule has 0 aromatic carbocycles. The zero-order valence-electron chi connectivity index (χ0n) is 14.3. The lowest BCUT2D eigenvalue weighted by Crippen LogP contribution is -2.53. The molecule has 1 heterocycles. The number of carbonyl (C=O) groups is 2. The Bertz CT molecular complexity index is 470. The average Bonchev–Trinajstić information content (AvgIpc) is 2.50. The molecule has 2 N–H and O–H groups in total. The van der Waals surface area contributed by atoms with Gasteiger partial charge in [0.2, 0.25) is 0 Å². The lowest BCUT2D eigenvalue weighted by atomic mass is 10.0. The Labute approximate surface area is 144 Å². The standard InChI is InChI=1S/C13H23N3O2.C2HF3O2/c1-11(2)10-12(13(17)18)16-8-6-15(7-9-16)5-3-4-14;3-2(4,5)1(6)7/h11-12H,3,5-10H2,1-2H3,(H,17,18);(H,6,7). The van der Waals surface area contributed by atoms with E-state index in [0.29, 0.717) is 18.8 Å². The van der Waals surface area contributed by atoms with Gasteiger partial charge in [0.1, 0.15) is 6.04 Å². The summed E-state index contributed by atoms with van der Waals surface area (Å²) in [5, 5.41) is 25.0. The molecule has 1 aliphatic heterocycles. The van der Waals surface area contributed by atoms with E-state index in [0.717, 1.165) is 32.7 Å². The van der Waals surface area contributed by atoms with Crippen molar-refractivity contribution in [3.8, 4) is 6.07 Å². The minimum Gasteiger partial charge on any atom is -0.480 e. The van der Waals surface area contributed by atoms with E-state index in [2.05, 4.69) is 29.7 Å². The molecule has 0 amide bonds. The van der Waals surface area contributed by atoms with Crippen LogP contribution in [0.5, 0.6) is 0 Å². The van der Waals surface area contributed by atoms with E-state index in [4.69, 9.17) is 15.2 Å². The predicted octanol–water partition coefficient (Wildman–Crippen LogP) is 1.65. The molecule has 0 aromatic heterocycles. The second-order valence-corrected chi connectivity index (χ2v) is 6.07. The summed E-state index contributed by atoms with van der Waals surface area (Å²) in [7, 11) is 0. The van der Waals surface area contributed by atoms with E-state index in [-0.39, 0.29) is 6.04 Å². The van der Waals surface area contributed by atoms with Crippen LogP contribution in [-0.4, -0.2) is 76.9 Å². The number of nitrogens with zero attached hydrogens (tertiary/aromatic N) is 3. The van der Waals surface area contributed by atoms with Gasteiger partial charge in [0.05, 0.1) is 6.07 Å². The van der Waals surface area contributed by atoms with Gasteiger partial charge in [-0.2, -0.15) is 18.4 Å². The van der Waals surface area contributed by atoms with Gasteiger partial charge >= 0.3 is 18.1 Å². The molecule has 1 rings (SSSR count). The topological polar surface area (TPSA) is 105 Å². The lowest BCUT2D eigenvalue weighted by Gasteiger charge is -2.37. The minimum atomic E-state index is -5.08. The van der Waals surface area contributed by atoms with Gasteiger partial charge in [0.15, 0.2) is 0 Å². The molecule has 0 aliphatic carbocycles. The van der Waals surface area contributed by atoms with Gasteiger partial charge in [-0.3, -0.25) is 14.6 Å². The van der Waals surface area contributed by atoms with Crippen LogP contribution in [0.25, 0.3) is 0 Å². The molecule has 1 fully saturated rings. The molecule has 0 aromatic rings. The fourth-order valence-electron chi connectivity index (χ4n) is 2.36. The van der Waals surface area contributed by atoms with Crippen molar-refractivity contribution in [1.29, 1.82) is 5.26 Å². The third kappa shape index (κ3) is 9.89. The molecule has 0 spiro atoms. The third-order valence-corrected chi connectivity index (χ3v) is 3.61. The van der Waals surface area contributed by atoms with Crippen molar-refractivity contribution in [3.63, 3.8) is 0 Å². The molecule has 1 aliphatic rings. The number of rotatable bonds is 6. The van der Waals surface area contributed by atoms with E-state index >= 15 is 0 Å². The molecule has 10 heteroatoms. The molecule has 25 heavy (non-hydrogen) atoms. The Kier molecular flexibility index (Phi) is 10.1. The summed E-state index contributed by atoms with van der Waals surface area (Å²) >= 11 is 0. The fraction of sp³-hybridized carbons (Fsp3) is 0.800. The molecular weight excluding hydrogens is 343 g/mol. The number of carboxylic acid groups (broad SMARTS) is 2. The quantitative estimate of drug-likeness (QED) is 0.735. The van der Waals surface area contributed by atoms with E-state index in [1.807, 2.05) is 0 Å². The number of hydrogen-bond acceptors (Lipinski definition) is 5. The summed E-state index contributed by atoms with van der Waals surface area (Å²) in [6.07, 6.45) is -3.83. The Hall–Kier alpha value is -1.86. The van der Waals surface area contributed by atoms with Crippen LogP contribution >= 0.6 is 0 Å². The number of nitriles is 1. The zero-order chi connectivity index (χ0) is 19.6. The molecule has 1 unspecified atom stereocenters. The Balaban J connectivity index is 0.000000697. The molecule has 0 bridgehead atoms. The number of aliphatic carboxylic acids is 2. The van der Waals surface area contributed by atoms with Crippen LogP contribution in [0.15, 0.2) is 0 Å². The van der Waals surface area contributed by atoms with Gasteiger partial charge in [-0.25, -0.2) is 4.79 Å². The van der Waals surface area contributed by atoms with Crippen LogP contribution in [0, 0.1) is 17.2 Å². The summed E-state index contributed by atoms with van der Waals surface area (Å²) in [5.74, 6) is -3.08. The van der Waals surface area contributed by atoms with E-state index < -0.39 is 18.1 Å². The van der Waals surface area contributed by atoms with Crippen LogP contribution in [0.2, 0.25) is 0 Å². The van der Waals surface area contributed by atoms with Gasteiger partial charge < -0.3 is 10.2 Å². The number of hydrogen-bond donors (Lipinski definition) is 2. The van der Waals surface area contributed by atoms with Crippen molar-refractivity contribution in [2.45, 2.75) is 38.9 Å². The van der Waals surface area contributed by atoms with Gasteiger partial charge in [0, 0.05) is 39.1 Å². The highest BCUT2D eigenvalue weighted by atomic mass is 19.4. The highest BCUT2D eigenvalue weighted by Gasteiger charge is 2.38. The number of halogens is 3. The Morgan fingerprint density at radius 1 is 1.16 bits per heavy atom. The average molecular weight is 367 g/mol. The third-order valence-electron chi connectivity index (χ3n) is 3.61. The van der Waals surface area contributed by atoms with E-state index in [1.165, 1.54) is 0 Å². The maximum atomic E-state index is 11.3. The Morgan fingerprint density at radius 3 is 1.96 bits per heavy atom. The van der Waals surface area contributed by atoms with Crippen molar-refractivity contribution in [2.24, 2.45) is 5.92 Å². The van der Waals surface area contributed by atoms with Gasteiger partial charge in [-0.1, -0.05) is 13.8 Å². The normalized spacial score (nSPS) is 17.3. The van der Waals surface area contributed by atoms with Crippen molar-refractivity contribution < 1.29 is 33.0 Å². The molecule has 1 saturated heterocycles. The molecule has 7 nitrogen and oxygen atoms in total. The molecule has 144 valence electrons. The smallest absolute Gasteiger partial charge is 0.480 e. The second kappa shape index (κ2) is 10.9. The molecular formula is C15H24F3N3O4. The zero-order valence-corrected chi connectivity index (χ0v) is 14.3. The SMILES string of the molecule is CC(C)CC(C(=O)O)N1CCN(CCC#N)CC1.O=C(O)C(F)(F)F. The highest BCUT2D eigenvalue weighted by Crippen LogP contribution is 2.15. The van der Waals surface area contributed by atoms with Gasteiger partial charge in [-0.05, 0) is 12.3 Å². The first-order valence-corrected chi connectivity index (χ1v) is 7.85. The summed E-state index contributed by atoms with van der Waals surface area (Å²) in [6.45, 7) is 8.21. The van der Waals surface area contributed by atoms with Crippen molar-refractivity contribution in [2.75, 3.05) is 32.7 Å². The minimum absolute atomic E-state index is 0.358. The van der Waals surface area contributed by atoms with E-state index in [1.54, 1.807) is 0 Å². The molecule has 1 atom stereocenters. The van der Waals surface area contributed by atoms with Crippen LogP contribution in [0.4, 0.5) is 13.2 Å². The summed E-state index contributed by atoms with van der Waals surface area (Å²) < 4.78 is 31.7. The van der Waals surface area contributed by atoms with Crippen LogP contribution in [0.3, 0.4) is 0 Å².